The summed E-state index contributed by atoms with van der Waals surface area (Å²) in [7, 11) is 0. The number of carbonyl (C=O) groups excluding carboxylic acids is 3. The van der Waals surface area contributed by atoms with Crippen LogP contribution < -0.4 is 5.32 Å². The fraction of sp³-hybridized carbons (Fsp3) is 0.308. The quantitative estimate of drug-likeness (QED) is 0.532. The maximum absolute atomic E-state index is 14.0. The lowest BCUT2D eigenvalue weighted by Crippen LogP contribution is -2.54. The molecule has 4 heterocycles. The predicted molar refractivity (Wildman–Crippen MR) is 129 cm³/mol. The molecule has 0 saturated carbocycles. The van der Waals surface area contributed by atoms with E-state index in [9.17, 15) is 18.8 Å². The van der Waals surface area contributed by atoms with Crippen molar-refractivity contribution in [2.45, 2.75) is 31.3 Å². The molecule has 2 aliphatic heterocycles. The molecule has 2 aliphatic rings. The minimum atomic E-state index is -1.23. The Morgan fingerprint density at radius 3 is 2.63 bits per heavy atom. The molecular weight excluding hydrogens is 467 g/mol. The van der Waals surface area contributed by atoms with Gasteiger partial charge in [0.05, 0.1) is 13.0 Å². The molecule has 5 rings (SSSR count). The second-order valence-electron chi connectivity index (χ2n) is 8.93. The number of likely N-dealkylation sites (tertiary alicyclic amines) is 1. The molecule has 180 valence electrons. The van der Waals surface area contributed by atoms with Gasteiger partial charge in [-0.3, -0.25) is 19.5 Å². The van der Waals surface area contributed by atoms with Crippen LogP contribution in [-0.4, -0.2) is 45.7 Å². The van der Waals surface area contributed by atoms with Crippen LogP contribution in [0.15, 0.2) is 65.6 Å². The van der Waals surface area contributed by atoms with E-state index in [2.05, 4.69) is 10.3 Å². The highest BCUT2D eigenvalue weighted by Crippen LogP contribution is 2.41. The number of benzene rings is 1. The molecule has 35 heavy (non-hydrogen) atoms. The Labute approximate surface area is 206 Å². The Morgan fingerprint density at radius 2 is 1.94 bits per heavy atom. The highest BCUT2D eigenvalue weighted by atomic mass is 32.1. The number of hydrogen-bond donors (Lipinski definition) is 1. The topological polar surface area (TPSA) is 82.6 Å². The monoisotopic (exact) mass is 492 g/mol. The normalized spacial score (nSPS) is 20.8. The highest BCUT2D eigenvalue weighted by molar-refractivity contribution is 7.07. The molecule has 0 bridgehead atoms. The first-order chi connectivity index (χ1) is 17.0. The Morgan fingerprint density at radius 1 is 1.14 bits per heavy atom. The summed E-state index contributed by atoms with van der Waals surface area (Å²) in [6.45, 7) is 1.05. The Kier molecular flexibility index (Phi) is 6.34. The van der Waals surface area contributed by atoms with Crippen molar-refractivity contribution in [1.82, 2.24) is 20.1 Å². The van der Waals surface area contributed by atoms with E-state index < -0.39 is 17.4 Å². The number of imide groups is 1. The van der Waals surface area contributed by atoms with E-state index in [1.165, 1.54) is 22.3 Å². The van der Waals surface area contributed by atoms with Gasteiger partial charge < -0.3 is 10.2 Å². The van der Waals surface area contributed by atoms with Crippen LogP contribution in [0.3, 0.4) is 0 Å². The Balaban J connectivity index is 1.36. The van der Waals surface area contributed by atoms with Crippen molar-refractivity contribution in [3.63, 3.8) is 0 Å². The number of rotatable bonds is 6. The maximum Gasteiger partial charge on any atom is 0.325 e. The number of hydrogen-bond acceptors (Lipinski definition) is 5. The number of amides is 4. The number of nitrogens with zero attached hydrogens (tertiary/aromatic N) is 3. The third-order valence-corrected chi connectivity index (χ3v) is 7.66. The molecule has 2 aromatic heterocycles. The SMILES string of the molecule is O=C(Cc1ccccc1F)N1CCC(C2(c3cccnc3)NC(=O)N(Cc3ccsc3)C2=O)CC1. The second-order valence-corrected chi connectivity index (χ2v) is 9.71. The third-order valence-electron chi connectivity index (χ3n) is 6.93. The Bertz CT molecular complexity index is 1230. The molecule has 1 atom stereocenters. The molecule has 4 amide bonds. The summed E-state index contributed by atoms with van der Waals surface area (Å²) in [6.07, 6.45) is 4.30. The number of piperidine rings is 1. The number of thiophene rings is 1. The number of urea groups is 1. The van der Waals surface area contributed by atoms with E-state index in [4.69, 9.17) is 0 Å². The van der Waals surface area contributed by atoms with Gasteiger partial charge in [-0.15, -0.1) is 0 Å². The first kappa shape index (κ1) is 23.2. The summed E-state index contributed by atoms with van der Waals surface area (Å²) < 4.78 is 14.0. The summed E-state index contributed by atoms with van der Waals surface area (Å²) >= 11 is 1.51. The highest BCUT2D eigenvalue weighted by Gasteiger charge is 2.57. The van der Waals surface area contributed by atoms with E-state index in [1.807, 2.05) is 22.9 Å². The van der Waals surface area contributed by atoms with Crippen molar-refractivity contribution in [3.8, 4) is 0 Å². The van der Waals surface area contributed by atoms with Crippen molar-refractivity contribution < 1.29 is 18.8 Å². The van der Waals surface area contributed by atoms with Gasteiger partial charge in [0.15, 0.2) is 5.54 Å². The zero-order valence-corrected chi connectivity index (χ0v) is 19.8. The number of aromatic nitrogens is 1. The summed E-state index contributed by atoms with van der Waals surface area (Å²) in [6, 6.07) is 11.3. The van der Waals surface area contributed by atoms with Crippen LogP contribution in [0.25, 0.3) is 0 Å². The van der Waals surface area contributed by atoms with E-state index in [1.54, 1.807) is 41.6 Å². The average Bonchev–Trinajstić information content (AvgIpc) is 3.49. The van der Waals surface area contributed by atoms with Crippen LogP contribution in [0.1, 0.15) is 29.5 Å². The lowest BCUT2D eigenvalue weighted by atomic mass is 9.73. The molecule has 9 heteroatoms. The molecule has 1 aromatic carbocycles. The Hall–Kier alpha value is -3.59. The van der Waals surface area contributed by atoms with Gasteiger partial charge in [0.25, 0.3) is 5.91 Å². The molecule has 2 fully saturated rings. The summed E-state index contributed by atoms with van der Waals surface area (Å²) in [5.74, 6) is -1.05. The standard InChI is InChI=1S/C26H25FN4O3S/c27-22-6-2-1-4-19(22)14-23(32)30-11-7-20(8-12-30)26(21-5-3-10-28-15-21)24(33)31(25(34)29-26)16-18-9-13-35-17-18/h1-6,9-10,13,15,17,20H,7-8,11-12,14,16H2,(H,29,34). The molecule has 2 saturated heterocycles. The van der Waals surface area contributed by atoms with Crippen LogP contribution >= 0.6 is 11.3 Å². The second kappa shape index (κ2) is 9.58. The van der Waals surface area contributed by atoms with Crippen molar-refractivity contribution in [1.29, 1.82) is 0 Å². The maximum atomic E-state index is 14.0. The molecule has 7 nitrogen and oxygen atoms in total. The molecule has 1 N–H and O–H groups in total. The zero-order chi connectivity index (χ0) is 24.4. The van der Waals surface area contributed by atoms with E-state index in [0.29, 0.717) is 37.1 Å². The lowest BCUT2D eigenvalue weighted by Gasteiger charge is -2.41. The molecule has 1 unspecified atom stereocenters. The van der Waals surface area contributed by atoms with Crippen LogP contribution in [0.4, 0.5) is 9.18 Å². The average molecular weight is 493 g/mol. The largest absolute Gasteiger partial charge is 0.342 e. The van der Waals surface area contributed by atoms with Gasteiger partial charge in [-0.05, 0) is 58.8 Å². The molecule has 0 aliphatic carbocycles. The summed E-state index contributed by atoms with van der Waals surface area (Å²) in [5, 5.41) is 6.84. The predicted octanol–water partition coefficient (Wildman–Crippen LogP) is 3.71. The number of nitrogens with one attached hydrogen (secondary N) is 1. The number of pyridine rings is 1. The minimum absolute atomic E-state index is 0.00479. The van der Waals surface area contributed by atoms with Gasteiger partial charge >= 0.3 is 6.03 Å². The van der Waals surface area contributed by atoms with Crippen LogP contribution in [0.2, 0.25) is 0 Å². The summed E-state index contributed by atoms with van der Waals surface area (Å²) in [5.41, 5.74) is 0.673. The van der Waals surface area contributed by atoms with Gasteiger partial charge in [0, 0.05) is 31.0 Å². The first-order valence-electron chi connectivity index (χ1n) is 11.6. The zero-order valence-electron chi connectivity index (χ0n) is 19.0. The summed E-state index contributed by atoms with van der Waals surface area (Å²) in [4.78, 5) is 46.9. The van der Waals surface area contributed by atoms with E-state index in [-0.39, 0.29) is 30.7 Å². The van der Waals surface area contributed by atoms with Crippen molar-refractivity contribution >= 4 is 29.2 Å². The number of carbonyl (C=O) groups is 3. The van der Waals surface area contributed by atoms with Gasteiger partial charge in [0.2, 0.25) is 5.91 Å². The fourth-order valence-corrected chi connectivity index (χ4v) is 5.75. The smallest absolute Gasteiger partial charge is 0.325 e. The van der Waals surface area contributed by atoms with Gasteiger partial charge in [-0.1, -0.05) is 24.3 Å². The van der Waals surface area contributed by atoms with Crippen molar-refractivity contribution in [2.75, 3.05) is 13.1 Å². The fourth-order valence-electron chi connectivity index (χ4n) is 5.09. The molecule has 3 aromatic rings. The number of halogens is 1. The van der Waals surface area contributed by atoms with E-state index >= 15 is 0 Å². The van der Waals surface area contributed by atoms with E-state index in [0.717, 1.165) is 5.56 Å². The molecular formula is C26H25FN4O3S. The van der Waals surface area contributed by atoms with Crippen molar-refractivity contribution in [3.05, 3.63) is 88.1 Å². The third kappa shape index (κ3) is 4.32. The van der Waals surface area contributed by atoms with Crippen LogP contribution in [-0.2, 0) is 28.1 Å². The molecule has 0 spiro atoms. The lowest BCUT2D eigenvalue weighted by molar-refractivity contribution is -0.136. The van der Waals surface area contributed by atoms with Crippen LogP contribution in [0, 0.1) is 11.7 Å². The minimum Gasteiger partial charge on any atom is -0.342 e. The first-order valence-corrected chi connectivity index (χ1v) is 12.5. The van der Waals surface area contributed by atoms with Gasteiger partial charge in [-0.25, -0.2) is 9.18 Å². The van der Waals surface area contributed by atoms with Gasteiger partial charge in [-0.2, -0.15) is 11.3 Å². The van der Waals surface area contributed by atoms with Crippen LogP contribution in [0.5, 0.6) is 0 Å². The van der Waals surface area contributed by atoms with Gasteiger partial charge in [0.1, 0.15) is 5.82 Å². The van der Waals surface area contributed by atoms with Crippen molar-refractivity contribution in [2.24, 2.45) is 5.92 Å². The molecule has 0 radical (unpaired) electrons.